The molecule has 0 fully saturated rings. The Morgan fingerprint density at radius 2 is 2.00 bits per heavy atom. The Morgan fingerprint density at radius 1 is 1.38 bits per heavy atom. The van der Waals surface area contributed by atoms with Crippen molar-refractivity contribution < 1.29 is 9.59 Å². The molecule has 0 spiro atoms. The Kier molecular flexibility index (Phi) is 3.03. The number of hydrogen-bond donors (Lipinski definition) is 2. The van der Waals surface area contributed by atoms with Crippen LogP contribution in [0.3, 0.4) is 0 Å². The molecule has 0 saturated heterocycles. The number of nitrogens with two attached hydrogens (primary N) is 1. The van der Waals surface area contributed by atoms with Crippen molar-refractivity contribution in [3.63, 3.8) is 0 Å². The normalized spacial score (nSPS) is 9.23. The zero-order chi connectivity index (χ0) is 9.68. The molecule has 0 aromatic heterocycles. The molecule has 4 heteroatoms. The number of nitrogen functional groups attached to an aromatic ring is 1. The van der Waals surface area contributed by atoms with Gasteiger partial charge in [-0.2, -0.15) is 0 Å². The maximum atomic E-state index is 11.2. The van der Waals surface area contributed by atoms with Gasteiger partial charge < -0.3 is 11.1 Å². The van der Waals surface area contributed by atoms with Gasteiger partial charge in [0.15, 0.2) is 0 Å². The van der Waals surface area contributed by atoms with Crippen molar-refractivity contribution in [1.82, 2.24) is 5.32 Å². The minimum Gasteiger partial charge on any atom is -0.399 e. The Labute approximate surface area is 75.7 Å². The Hall–Kier alpha value is -1.84. The zero-order valence-electron chi connectivity index (χ0n) is 6.91. The van der Waals surface area contributed by atoms with E-state index < -0.39 is 0 Å². The van der Waals surface area contributed by atoms with Crippen molar-refractivity contribution >= 4 is 17.9 Å². The summed E-state index contributed by atoms with van der Waals surface area (Å²) in [6.07, 6.45) is 1.57. The first-order chi connectivity index (χ1) is 6.24. The topological polar surface area (TPSA) is 72.2 Å². The van der Waals surface area contributed by atoms with E-state index in [-0.39, 0.29) is 12.5 Å². The highest BCUT2D eigenvalue weighted by Gasteiger charge is 2.02. The summed E-state index contributed by atoms with van der Waals surface area (Å²) in [6.45, 7) is -0.0940. The van der Waals surface area contributed by atoms with Crippen molar-refractivity contribution in [2.24, 2.45) is 0 Å². The van der Waals surface area contributed by atoms with E-state index in [9.17, 15) is 9.59 Å². The van der Waals surface area contributed by atoms with Crippen molar-refractivity contribution in [3.05, 3.63) is 29.8 Å². The Bertz CT molecular complexity index is 306. The van der Waals surface area contributed by atoms with Crippen LogP contribution >= 0.6 is 0 Å². The number of carbonyl (C=O) groups is 1. The van der Waals surface area contributed by atoms with Crippen molar-refractivity contribution in [2.45, 2.75) is 0 Å². The molecule has 0 atom stereocenters. The summed E-state index contributed by atoms with van der Waals surface area (Å²) in [6, 6.07) is 6.43. The molecule has 0 aliphatic rings. The molecular formula is C9H9N2O2. The third-order valence-electron chi connectivity index (χ3n) is 1.49. The van der Waals surface area contributed by atoms with Crippen LogP contribution < -0.4 is 11.1 Å². The smallest absolute Gasteiger partial charge is 0.251 e. The van der Waals surface area contributed by atoms with Crippen LogP contribution in [0.5, 0.6) is 0 Å². The number of carbonyl (C=O) groups excluding carboxylic acids is 2. The van der Waals surface area contributed by atoms with Gasteiger partial charge in [0.2, 0.25) is 6.29 Å². The lowest BCUT2D eigenvalue weighted by molar-refractivity contribution is 0.0959. The van der Waals surface area contributed by atoms with Crippen LogP contribution in [0.1, 0.15) is 10.4 Å². The van der Waals surface area contributed by atoms with E-state index in [1.807, 2.05) is 0 Å². The first kappa shape index (κ1) is 9.25. The molecule has 0 unspecified atom stereocenters. The second-order valence-corrected chi connectivity index (χ2v) is 2.45. The van der Waals surface area contributed by atoms with Gasteiger partial charge in [0, 0.05) is 11.3 Å². The molecular weight excluding hydrogens is 168 g/mol. The highest BCUT2D eigenvalue weighted by atomic mass is 16.2. The first-order valence-corrected chi connectivity index (χ1v) is 3.73. The molecule has 0 saturated carbocycles. The monoisotopic (exact) mass is 177 g/mol. The van der Waals surface area contributed by atoms with E-state index in [1.54, 1.807) is 30.6 Å². The van der Waals surface area contributed by atoms with Crippen molar-refractivity contribution in [1.29, 1.82) is 0 Å². The molecule has 3 N–H and O–H groups in total. The predicted molar refractivity (Wildman–Crippen MR) is 48.9 cm³/mol. The van der Waals surface area contributed by atoms with E-state index in [0.717, 1.165) is 0 Å². The average molecular weight is 177 g/mol. The maximum Gasteiger partial charge on any atom is 0.251 e. The highest BCUT2D eigenvalue weighted by molar-refractivity contribution is 5.95. The molecule has 0 aliphatic heterocycles. The average Bonchev–Trinajstić information content (AvgIpc) is 2.15. The molecule has 1 aromatic carbocycles. The minimum absolute atomic E-state index is 0.0940. The highest BCUT2D eigenvalue weighted by Crippen LogP contribution is 2.04. The largest absolute Gasteiger partial charge is 0.399 e. The number of rotatable bonds is 3. The molecule has 1 aromatic rings. The second-order valence-electron chi connectivity index (χ2n) is 2.45. The number of amides is 1. The fraction of sp³-hybridized carbons (Fsp3) is 0.111. The zero-order valence-corrected chi connectivity index (χ0v) is 6.91. The summed E-state index contributed by atoms with van der Waals surface area (Å²) in [4.78, 5) is 21.0. The molecule has 1 amide bonds. The van der Waals surface area contributed by atoms with E-state index in [1.165, 1.54) is 0 Å². The lowest BCUT2D eigenvalue weighted by Gasteiger charge is -2.00. The maximum absolute atomic E-state index is 11.2. The summed E-state index contributed by atoms with van der Waals surface area (Å²) < 4.78 is 0. The third-order valence-corrected chi connectivity index (χ3v) is 1.49. The van der Waals surface area contributed by atoms with Crippen LogP contribution in [0.4, 0.5) is 5.69 Å². The van der Waals surface area contributed by atoms with Crippen LogP contribution in [-0.2, 0) is 4.79 Å². The minimum atomic E-state index is -0.302. The first-order valence-electron chi connectivity index (χ1n) is 3.73. The van der Waals surface area contributed by atoms with E-state index in [4.69, 9.17) is 5.73 Å². The summed E-state index contributed by atoms with van der Waals surface area (Å²) in [7, 11) is 0. The van der Waals surface area contributed by atoms with Gasteiger partial charge in [-0.3, -0.25) is 9.59 Å². The van der Waals surface area contributed by atoms with E-state index >= 15 is 0 Å². The predicted octanol–water partition coefficient (Wildman–Crippen LogP) is 0.108. The molecule has 13 heavy (non-hydrogen) atoms. The molecule has 0 aliphatic carbocycles. The summed E-state index contributed by atoms with van der Waals surface area (Å²) in [5, 5.41) is 2.36. The quantitative estimate of drug-likeness (QED) is 0.643. The Morgan fingerprint density at radius 3 is 2.54 bits per heavy atom. The van der Waals surface area contributed by atoms with Crippen LogP contribution in [0.25, 0.3) is 0 Å². The number of hydrogen-bond acceptors (Lipinski definition) is 3. The lowest BCUT2D eigenvalue weighted by atomic mass is 10.2. The van der Waals surface area contributed by atoms with Gasteiger partial charge in [0.1, 0.15) is 0 Å². The third kappa shape index (κ3) is 2.59. The van der Waals surface area contributed by atoms with Crippen LogP contribution in [0, 0.1) is 0 Å². The fourth-order valence-electron chi connectivity index (χ4n) is 0.853. The van der Waals surface area contributed by atoms with E-state index in [2.05, 4.69) is 5.32 Å². The molecule has 4 nitrogen and oxygen atoms in total. The number of anilines is 1. The van der Waals surface area contributed by atoms with Gasteiger partial charge >= 0.3 is 0 Å². The summed E-state index contributed by atoms with van der Waals surface area (Å²) >= 11 is 0. The van der Waals surface area contributed by atoms with Gasteiger partial charge in [0.05, 0.1) is 6.54 Å². The summed E-state index contributed by atoms with van der Waals surface area (Å²) in [5.41, 5.74) is 6.51. The van der Waals surface area contributed by atoms with Gasteiger partial charge in [-0.25, -0.2) is 0 Å². The molecule has 0 bridgehead atoms. The second kappa shape index (κ2) is 4.25. The molecule has 0 heterocycles. The van der Waals surface area contributed by atoms with Crippen LogP contribution in [0.15, 0.2) is 24.3 Å². The number of nitrogens with one attached hydrogen (secondary N) is 1. The SMILES string of the molecule is Nc1ccc(C(=O)NC[C]=O)cc1. The lowest BCUT2D eigenvalue weighted by Crippen LogP contribution is -2.24. The Balaban J connectivity index is 2.66. The van der Waals surface area contributed by atoms with Crippen LogP contribution in [0.2, 0.25) is 0 Å². The van der Waals surface area contributed by atoms with Gasteiger partial charge in [-0.15, -0.1) is 0 Å². The van der Waals surface area contributed by atoms with E-state index in [0.29, 0.717) is 11.3 Å². The summed E-state index contributed by atoms with van der Waals surface area (Å²) in [5.74, 6) is -0.302. The fourth-order valence-corrected chi connectivity index (χ4v) is 0.853. The standard InChI is InChI=1S/C9H9N2O2/c10-8-3-1-7(2-4-8)9(13)11-5-6-12/h1-4H,5,10H2,(H,11,13). The van der Waals surface area contributed by atoms with Gasteiger partial charge in [-0.1, -0.05) is 0 Å². The van der Waals surface area contributed by atoms with Crippen LogP contribution in [-0.4, -0.2) is 18.7 Å². The number of benzene rings is 1. The van der Waals surface area contributed by atoms with Crippen molar-refractivity contribution in [3.8, 4) is 0 Å². The molecule has 1 radical (unpaired) electrons. The van der Waals surface area contributed by atoms with Gasteiger partial charge in [0.25, 0.3) is 5.91 Å². The van der Waals surface area contributed by atoms with Gasteiger partial charge in [-0.05, 0) is 24.3 Å². The molecule has 1 rings (SSSR count). The van der Waals surface area contributed by atoms with Crippen molar-refractivity contribution in [2.75, 3.05) is 12.3 Å². The molecule has 67 valence electrons.